The topological polar surface area (TPSA) is 91.6 Å². The maximum absolute atomic E-state index is 13.1. The summed E-state index contributed by atoms with van der Waals surface area (Å²) >= 11 is 1.61. The second-order valence-electron chi connectivity index (χ2n) is 11.2. The third-order valence-electron chi connectivity index (χ3n) is 8.72. The number of carbonyl (C=O) groups is 2. The lowest BCUT2D eigenvalue weighted by atomic mass is 9.49. The molecular formula is C26H35N5O3S. The fourth-order valence-electron chi connectivity index (χ4n) is 7.38. The normalized spacial score (nSPS) is 30.1. The molecule has 7 rings (SSSR count). The molecule has 8 nitrogen and oxygen atoms in total. The van der Waals surface area contributed by atoms with Crippen LogP contribution >= 0.6 is 11.3 Å². The van der Waals surface area contributed by atoms with E-state index in [2.05, 4.69) is 20.4 Å². The molecule has 9 heteroatoms. The minimum atomic E-state index is -0.184. The SMILES string of the molecule is O=C(CNC(=O)C12CC3CC(CC(C3)C1)C2)N1CCN(CCCc2nc(-c3cccs3)no2)CC1. The molecule has 2 aromatic rings. The standard InChI is InChI=1S/C26H35N5O3S/c32-23(17-27-25(33)26-14-18-11-19(15-26)13-20(12-18)16-26)31-8-6-30(7-9-31)5-1-4-22-28-24(29-34-22)21-3-2-10-35-21/h2-3,10,18-20H,1,4-9,11-17H2,(H,27,33). The van der Waals surface area contributed by atoms with E-state index in [0.29, 0.717) is 11.7 Å². The second kappa shape index (κ2) is 9.65. The summed E-state index contributed by atoms with van der Waals surface area (Å²) in [5.41, 5.74) is -0.184. The molecule has 0 spiro atoms. The van der Waals surface area contributed by atoms with Crippen LogP contribution in [0.4, 0.5) is 0 Å². The van der Waals surface area contributed by atoms with Crippen molar-refractivity contribution < 1.29 is 14.1 Å². The largest absolute Gasteiger partial charge is 0.347 e. The number of amides is 2. The Morgan fingerprint density at radius 2 is 1.80 bits per heavy atom. The number of rotatable bonds is 8. The highest BCUT2D eigenvalue weighted by Gasteiger charge is 2.54. The Hall–Kier alpha value is -2.26. The van der Waals surface area contributed by atoms with E-state index in [1.807, 2.05) is 22.4 Å². The van der Waals surface area contributed by atoms with Crippen LogP contribution < -0.4 is 5.32 Å². The van der Waals surface area contributed by atoms with Crippen molar-refractivity contribution in [3.05, 3.63) is 23.4 Å². The molecule has 35 heavy (non-hydrogen) atoms. The van der Waals surface area contributed by atoms with Gasteiger partial charge in [0, 0.05) is 38.0 Å². The molecular weight excluding hydrogens is 462 g/mol. The molecule has 2 aromatic heterocycles. The van der Waals surface area contributed by atoms with Gasteiger partial charge >= 0.3 is 0 Å². The smallest absolute Gasteiger partial charge is 0.242 e. The van der Waals surface area contributed by atoms with Crippen molar-refractivity contribution in [2.75, 3.05) is 39.3 Å². The summed E-state index contributed by atoms with van der Waals surface area (Å²) in [6.45, 7) is 4.24. The summed E-state index contributed by atoms with van der Waals surface area (Å²) in [7, 11) is 0. The van der Waals surface area contributed by atoms with E-state index < -0.39 is 0 Å². The van der Waals surface area contributed by atoms with Gasteiger partial charge < -0.3 is 14.7 Å². The maximum atomic E-state index is 13.1. The zero-order valence-electron chi connectivity index (χ0n) is 20.3. The average molecular weight is 498 g/mol. The van der Waals surface area contributed by atoms with Gasteiger partial charge in [-0.2, -0.15) is 4.98 Å². The third-order valence-corrected chi connectivity index (χ3v) is 9.59. The lowest BCUT2D eigenvalue weighted by molar-refractivity contribution is -0.148. The van der Waals surface area contributed by atoms with Gasteiger partial charge in [-0.25, -0.2) is 0 Å². The monoisotopic (exact) mass is 497 g/mol. The molecule has 3 heterocycles. The molecule has 0 atom stereocenters. The second-order valence-corrected chi connectivity index (χ2v) is 12.1. The van der Waals surface area contributed by atoms with Crippen molar-refractivity contribution in [2.45, 2.75) is 51.4 Å². The molecule has 4 bridgehead atoms. The van der Waals surface area contributed by atoms with E-state index in [0.717, 1.165) is 87.5 Å². The molecule has 0 aromatic carbocycles. The molecule has 5 aliphatic rings. The van der Waals surface area contributed by atoms with E-state index >= 15 is 0 Å². The molecule has 1 N–H and O–H groups in total. The molecule has 188 valence electrons. The van der Waals surface area contributed by atoms with Crippen LogP contribution in [-0.4, -0.2) is 71.0 Å². The van der Waals surface area contributed by atoms with Crippen LogP contribution in [0.2, 0.25) is 0 Å². The predicted molar refractivity (Wildman–Crippen MR) is 133 cm³/mol. The summed E-state index contributed by atoms with van der Waals surface area (Å²) in [6, 6.07) is 3.98. The number of nitrogens with one attached hydrogen (secondary N) is 1. The number of carbonyl (C=O) groups excluding carboxylic acids is 2. The van der Waals surface area contributed by atoms with E-state index in [4.69, 9.17) is 4.52 Å². The first kappa shape index (κ1) is 23.2. The molecule has 0 radical (unpaired) electrons. The molecule has 4 saturated carbocycles. The zero-order valence-corrected chi connectivity index (χ0v) is 21.1. The molecule has 1 saturated heterocycles. The van der Waals surface area contributed by atoms with Gasteiger partial charge in [0.05, 0.1) is 11.4 Å². The Morgan fingerprint density at radius 1 is 1.09 bits per heavy atom. The number of piperazine rings is 1. The van der Waals surface area contributed by atoms with Gasteiger partial charge in [-0.05, 0) is 80.7 Å². The van der Waals surface area contributed by atoms with E-state index in [9.17, 15) is 9.59 Å². The van der Waals surface area contributed by atoms with Crippen LogP contribution in [0.5, 0.6) is 0 Å². The van der Waals surface area contributed by atoms with E-state index in [1.165, 1.54) is 19.3 Å². The highest BCUT2D eigenvalue weighted by atomic mass is 32.1. The molecule has 4 aliphatic carbocycles. The van der Waals surface area contributed by atoms with Crippen LogP contribution in [0.1, 0.15) is 50.8 Å². The minimum absolute atomic E-state index is 0.0506. The summed E-state index contributed by atoms with van der Waals surface area (Å²) in [6.07, 6.45) is 8.78. The van der Waals surface area contributed by atoms with Crippen molar-refractivity contribution in [2.24, 2.45) is 23.2 Å². The number of aromatic nitrogens is 2. The number of aryl methyl sites for hydroxylation is 1. The zero-order chi connectivity index (χ0) is 23.8. The quantitative estimate of drug-likeness (QED) is 0.602. The Labute approximate surface area is 210 Å². The van der Waals surface area contributed by atoms with Gasteiger partial charge in [0.2, 0.25) is 23.5 Å². The lowest BCUT2D eigenvalue weighted by Gasteiger charge is -2.55. The van der Waals surface area contributed by atoms with Gasteiger partial charge in [0.25, 0.3) is 0 Å². The number of hydrogen-bond donors (Lipinski definition) is 1. The minimum Gasteiger partial charge on any atom is -0.347 e. The van der Waals surface area contributed by atoms with Crippen molar-refractivity contribution in [1.29, 1.82) is 0 Å². The number of thiophene rings is 1. The van der Waals surface area contributed by atoms with Crippen molar-refractivity contribution in [3.8, 4) is 10.7 Å². The van der Waals surface area contributed by atoms with Gasteiger partial charge in [0.1, 0.15) is 0 Å². The first-order chi connectivity index (χ1) is 17.1. The highest BCUT2D eigenvalue weighted by Crippen LogP contribution is 2.60. The molecule has 2 amide bonds. The van der Waals surface area contributed by atoms with Crippen LogP contribution in [0.3, 0.4) is 0 Å². The average Bonchev–Trinajstić information content (AvgIpc) is 3.54. The Bertz CT molecular complexity index is 1010. The van der Waals surface area contributed by atoms with Crippen molar-refractivity contribution in [1.82, 2.24) is 25.3 Å². The summed E-state index contributed by atoms with van der Waals surface area (Å²) in [5.74, 6) is 3.74. The van der Waals surface area contributed by atoms with Crippen molar-refractivity contribution >= 4 is 23.2 Å². The summed E-state index contributed by atoms with van der Waals surface area (Å²) in [4.78, 5) is 35.7. The maximum Gasteiger partial charge on any atom is 0.242 e. The fraction of sp³-hybridized carbons (Fsp3) is 0.692. The van der Waals surface area contributed by atoms with Crippen LogP contribution in [-0.2, 0) is 16.0 Å². The van der Waals surface area contributed by atoms with Crippen LogP contribution in [0, 0.1) is 23.2 Å². The molecule has 5 fully saturated rings. The van der Waals surface area contributed by atoms with Gasteiger partial charge in [0.15, 0.2) is 0 Å². The molecule has 0 unspecified atom stereocenters. The van der Waals surface area contributed by atoms with Gasteiger partial charge in [-0.15, -0.1) is 11.3 Å². The van der Waals surface area contributed by atoms with E-state index in [-0.39, 0.29) is 23.8 Å². The van der Waals surface area contributed by atoms with E-state index in [1.54, 1.807) is 11.3 Å². The lowest BCUT2D eigenvalue weighted by Crippen LogP contribution is -2.56. The van der Waals surface area contributed by atoms with Crippen LogP contribution in [0.25, 0.3) is 10.7 Å². The Kier molecular flexibility index (Phi) is 6.39. The first-order valence-electron chi connectivity index (χ1n) is 13.2. The van der Waals surface area contributed by atoms with Crippen LogP contribution in [0.15, 0.2) is 22.0 Å². The first-order valence-corrected chi connectivity index (χ1v) is 14.1. The Balaban J connectivity index is 0.907. The summed E-state index contributed by atoms with van der Waals surface area (Å²) < 4.78 is 5.39. The molecule has 1 aliphatic heterocycles. The number of nitrogens with zero attached hydrogens (tertiary/aromatic N) is 4. The number of hydrogen-bond acceptors (Lipinski definition) is 7. The van der Waals surface area contributed by atoms with Gasteiger partial charge in [-0.3, -0.25) is 14.5 Å². The van der Waals surface area contributed by atoms with Gasteiger partial charge in [-0.1, -0.05) is 11.2 Å². The fourth-order valence-corrected chi connectivity index (χ4v) is 8.03. The highest BCUT2D eigenvalue weighted by molar-refractivity contribution is 7.13. The summed E-state index contributed by atoms with van der Waals surface area (Å²) in [5, 5.41) is 9.13. The predicted octanol–water partition coefficient (Wildman–Crippen LogP) is 3.21. The van der Waals surface area contributed by atoms with Crippen molar-refractivity contribution in [3.63, 3.8) is 0 Å². The Morgan fingerprint density at radius 3 is 2.46 bits per heavy atom. The third kappa shape index (κ3) is 4.89.